The van der Waals surface area contributed by atoms with Gasteiger partial charge in [-0.25, -0.2) is 8.78 Å². The van der Waals surface area contributed by atoms with Crippen molar-refractivity contribution in [3.05, 3.63) is 107 Å². The van der Waals surface area contributed by atoms with Crippen LogP contribution >= 0.6 is 0 Å². The Balaban J connectivity index is 1.22. The second-order valence-corrected chi connectivity index (χ2v) is 10.9. The van der Waals surface area contributed by atoms with Crippen LogP contribution in [0.3, 0.4) is 0 Å². The first-order chi connectivity index (χ1) is 19.8. The molecular weight excluding hydrogens is 526 g/mol. The van der Waals surface area contributed by atoms with Crippen molar-refractivity contribution in [2.75, 3.05) is 13.1 Å². The summed E-state index contributed by atoms with van der Waals surface area (Å²) in [5, 5.41) is 7.14. The molecule has 7 nitrogen and oxygen atoms in total. The second-order valence-electron chi connectivity index (χ2n) is 10.9. The third-order valence-corrected chi connectivity index (χ3v) is 8.24. The van der Waals surface area contributed by atoms with Gasteiger partial charge in [0.05, 0.1) is 11.5 Å². The van der Waals surface area contributed by atoms with Crippen LogP contribution in [0.25, 0.3) is 11.4 Å². The van der Waals surface area contributed by atoms with Gasteiger partial charge < -0.3 is 14.7 Å². The normalized spacial score (nSPS) is 17.2. The summed E-state index contributed by atoms with van der Waals surface area (Å²) in [6.07, 6.45) is 2.66. The van der Waals surface area contributed by atoms with E-state index in [1.807, 2.05) is 6.07 Å². The molecule has 1 saturated carbocycles. The Morgan fingerprint density at radius 3 is 2.29 bits per heavy atom. The van der Waals surface area contributed by atoms with Crippen molar-refractivity contribution >= 4 is 11.8 Å². The van der Waals surface area contributed by atoms with Crippen LogP contribution in [0.1, 0.15) is 59.1 Å². The number of hydrogen-bond acceptors (Lipinski definition) is 5. The summed E-state index contributed by atoms with van der Waals surface area (Å²) in [5.41, 5.74) is 1.75. The molecule has 0 spiro atoms. The number of nitrogens with zero attached hydrogens (tertiary/aromatic N) is 3. The van der Waals surface area contributed by atoms with Gasteiger partial charge in [-0.05, 0) is 79.1 Å². The number of hydrogen-bond donors (Lipinski definition) is 1. The standard InChI is InChI=1S/C32H30F2N4O3/c1-20-35-29(37-41-20)22-7-9-23(10-8-22)30(39)38-17-15-32(16-18-38,25-11-13-26(33)14-12-25)31(40)36-28(21-5-6-21)24-3-2-4-27(34)19-24/h2-4,7-14,19,21,28H,5-6,15-18H2,1H3,(H,36,40)/t28-/m0/s1. The molecule has 0 radical (unpaired) electrons. The number of benzene rings is 3. The minimum Gasteiger partial charge on any atom is -0.348 e. The van der Waals surface area contributed by atoms with Gasteiger partial charge in [0.1, 0.15) is 11.6 Å². The minimum atomic E-state index is -0.953. The fourth-order valence-corrected chi connectivity index (χ4v) is 5.75. The number of likely N-dealkylation sites (tertiary alicyclic amines) is 1. The van der Waals surface area contributed by atoms with E-state index in [1.165, 1.54) is 24.3 Å². The molecule has 0 unspecified atom stereocenters. The van der Waals surface area contributed by atoms with Crippen LogP contribution in [0.2, 0.25) is 0 Å². The summed E-state index contributed by atoms with van der Waals surface area (Å²) in [4.78, 5) is 33.5. The number of aromatic nitrogens is 2. The topological polar surface area (TPSA) is 88.3 Å². The summed E-state index contributed by atoms with van der Waals surface area (Å²) in [6, 6.07) is 19.1. The average Bonchev–Trinajstić information content (AvgIpc) is 3.74. The highest BCUT2D eigenvalue weighted by molar-refractivity contribution is 5.95. The number of halogens is 2. The predicted octanol–water partition coefficient (Wildman–Crippen LogP) is 5.76. The van der Waals surface area contributed by atoms with E-state index in [0.717, 1.165) is 24.0 Å². The monoisotopic (exact) mass is 556 g/mol. The van der Waals surface area contributed by atoms with E-state index in [2.05, 4.69) is 15.5 Å². The highest BCUT2D eigenvalue weighted by Gasteiger charge is 2.46. The van der Waals surface area contributed by atoms with Crippen molar-refractivity contribution in [3.8, 4) is 11.4 Å². The van der Waals surface area contributed by atoms with Crippen molar-refractivity contribution in [2.45, 2.75) is 44.1 Å². The number of aryl methyl sites for hydroxylation is 1. The number of nitrogens with one attached hydrogen (secondary N) is 1. The highest BCUT2D eigenvalue weighted by atomic mass is 19.1. The third-order valence-electron chi connectivity index (χ3n) is 8.24. The SMILES string of the molecule is Cc1nc(-c2ccc(C(=O)N3CCC(C(=O)N[C@H](c4cccc(F)c4)C4CC4)(c4ccc(F)cc4)CC3)cc2)no1. The van der Waals surface area contributed by atoms with Crippen LogP contribution in [0.15, 0.2) is 77.3 Å². The van der Waals surface area contributed by atoms with E-state index in [9.17, 15) is 18.4 Å². The second kappa shape index (κ2) is 10.9. The molecule has 3 aromatic carbocycles. The molecule has 6 rings (SSSR count). The molecule has 1 aromatic heterocycles. The van der Waals surface area contributed by atoms with Gasteiger partial charge in [0.2, 0.25) is 17.6 Å². The first kappa shape index (κ1) is 26.8. The van der Waals surface area contributed by atoms with Gasteiger partial charge in [-0.1, -0.05) is 41.6 Å². The third kappa shape index (κ3) is 5.49. The van der Waals surface area contributed by atoms with Gasteiger partial charge in [0.15, 0.2) is 0 Å². The summed E-state index contributed by atoms with van der Waals surface area (Å²) >= 11 is 0. The largest absolute Gasteiger partial charge is 0.348 e. The lowest BCUT2D eigenvalue weighted by molar-refractivity contribution is -0.129. The Morgan fingerprint density at radius 1 is 0.976 bits per heavy atom. The highest BCUT2D eigenvalue weighted by Crippen LogP contribution is 2.43. The molecule has 1 atom stereocenters. The molecule has 2 fully saturated rings. The zero-order valence-electron chi connectivity index (χ0n) is 22.6. The van der Waals surface area contributed by atoms with E-state index in [4.69, 9.17) is 4.52 Å². The summed E-state index contributed by atoms with van der Waals surface area (Å²) in [6.45, 7) is 2.41. The number of carbonyl (C=O) groups excluding carboxylic acids is 2. The predicted molar refractivity (Wildman–Crippen MR) is 148 cm³/mol. The van der Waals surface area contributed by atoms with Crippen LogP contribution < -0.4 is 5.32 Å². The molecule has 2 amide bonds. The smallest absolute Gasteiger partial charge is 0.253 e. The van der Waals surface area contributed by atoms with Crippen LogP contribution in [0.5, 0.6) is 0 Å². The van der Waals surface area contributed by atoms with E-state index in [0.29, 0.717) is 48.8 Å². The number of rotatable bonds is 7. The molecule has 9 heteroatoms. The minimum absolute atomic E-state index is 0.135. The molecule has 1 N–H and O–H groups in total. The molecule has 1 aliphatic heterocycles. The Morgan fingerprint density at radius 2 is 1.68 bits per heavy atom. The van der Waals surface area contributed by atoms with Crippen molar-refractivity contribution in [1.82, 2.24) is 20.4 Å². The Hall–Kier alpha value is -4.40. The fraction of sp³-hybridized carbons (Fsp3) is 0.312. The van der Waals surface area contributed by atoms with E-state index >= 15 is 0 Å². The maximum atomic E-state index is 14.1. The molecule has 2 heterocycles. The molecule has 4 aromatic rings. The van der Waals surface area contributed by atoms with Gasteiger partial charge in [0, 0.05) is 31.1 Å². The van der Waals surface area contributed by atoms with Crippen LogP contribution in [-0.2, 0) is 10.2 Å². The lowest BCUT2D eigenvalue weighted by Crippen LogP contribution is -2.53. The maximum Gasteiger partial charge on any atom is 0.253 e. The lowest BCUT2D eigenvalue weighted by atomic mass is 9.71. The molecule has 2 aliphatic rings. The van der Waals surface area contributed by atoms with Gasteiger partial charge in [0.25, 0.3) is 5.91 Å². The van der Waals surface area contributed by atoms with Crippen molar-refractivity contribution in [1.29, 1.82) is 0 Å². The molecule has 41 heavy (non-hydrogen) atoms. The number of carbonyl (C=O) groups is 2. The quantitative estimate of drug-likeness (QED) is 0.313. The molecule has 210 valence electrons. The number of piperidine rings is 1. The van der Waals surface area contributed by atoms with Crippen LogP contribution in [0, 0.1) is 24.5 Å². The summed E-state index contributed by atoms with van der Waals surface area (Å²) in [5.74, 6) is 0.113. The maximum absolute atomic E-state index is 14.1. The van der Waals surface area contributed by atoms with Gasteiger partial charge in [-0.15, -0.1) is 0 Å². The van der Waals surface area contributed by atoms with E-state index in [1.54, 1.807) is 54.3 Å². The van der Waals surface area contributed by atoms with E-state index in [-0.39, 0.29) is 35.4 Å². The Bertz CT molecular complexity index is 1560. The Labute approximate surface area is 236 Å². The van der Waals surface area contributed by atoms with E-state index < -0.39 is 5.41 Å². The zero-order valence-corrected chi connectivity index (χ0v) is 22.6. The molecule has 1 aliphatic carbocycles. The molecule has 1 saturated heterocycles. The lowest BCUT2D eigenvalue weighted by Gasteiger charge is -2.42. The van der Waals surface area contributed by atoms with Crippen molar-refractivity contribution in [3.63, 3.8) is 0 Å². The zero-order chi connectivity index (χ0) is 28.6. The number of amides is 2. The van der Waals surface area contributed by atoms with Crippen molar-refractivity contribution in [2.24, 2.45) is 5.92 Å². The average molecular weight is 557 g/mol. The first-order valence-corrected chi connectivity index (χ1v) is 13.8. The van der Waals surface area contributed by atoms with Crippen molar-refractivity contribution < 1.29 is 22.9 Å². The van der Waals surface area contributed by atoms with Crippen LogP contribution in [-0.4, -0.2) is 39.9 Å². The van der Waals surface area contributed by atoms with Gasteiger partial charge in [-0.2, -0.15) is 4.98 Å². The van der Waals surface area contributed by atoms with Gasteiger partial charge >= 0.3 is 0 Å². The first-order valence-electron chi connectivity index (χ1n) is 13.8. The molecular formula is C32H30F2N4O3. The summed E-state index contributed by atoms with van der Waals surface area (Å²) in [7, 11) is 0. The fourth-order valence-electron chi connectivity index (χ4n) is 5.75. The van der Waals surface area contributed by atoms with Gasteiger partial charge in [-0.3, -0.25) is 9.59 Å². The Kier molecular flexibility index (Phi) is 7.11. The van der Waals surface area contributed by atoms with Crippen LogP contribution in [0.4, 0.5) is 8.78 Å². The summed E-state index contributed by atoms with van der Waals surface area (Å²) < 4.78 is 32.9. The molecule has 0 bridgehead atoms.